The summed E-state index contributed by atoms with van der Waals surface area (Å²) in [5, 5.41) is 8.05. The maximum atomic E-state index is 13.9. The molecule has 6 rings (SSSR count). The standard InChI is InChI=1S/C22H14N2O8S4/c23-7-2-8-33(25,26)14-5-6-18-21(11-14)34(27,28)15-9-13-3-1-4-16-19-12-20(17(10-15)22(13)16)36(31,32)24(18)35(19,29)30/h1,3-6,9-12,19H,2,8H2. The van der Waals surface area contributed by atoms with E-state index in [-0.39, 0.29) is 25.5 Å². The van der Waals surface area contributed by atoms with Crippen molar-refractivity contribution in [2.75, 3.05) is 9.46 Å². The van der Waals surface area contributed by atoms with Gasteiger partial charge in [0.1, 0.15) is 5.25 Å². The number of hydrogen-bond donors (Lipinski definition) is 0. The number of sulfonamides is 2. The van der Waals surface area contributed by atoms with Gasteiger partial charge < -0.3 is 0 Å². The van der Waals surface area contributed by atoms with Crippen LogP contribution in [0, 0.1) is 11.3 Å². The second-order valence-corrected chi connectivity index (χ2v) is 16.4. The van der Waals surface area contributed by atoms with E-state index in [2.05, 4.69) is 0 Å². The van der Waals surface area contributed by atoms with Gasteiger partial charge in [-0.3, -0.25) is 0 Å². The quantitative estimate of drug-likeness (QED) is 0.466. The Hall–Kier alpha value is -3.25. The first kappa shape index (κ1) is 23.2. The van der Waals surface area contributed by atoms with Crippen molar-refractivity contribution in [3.05, 3.63) is 65.7 Å². The first-order valence-electron chi connectivity index (χ1n) is 10.4. The molecule has 36 heavy (non-hydrogen) atoms. The Balaban J connectivity index is 1.82. The van der Waals surface area contributed by atoms with Crippen LogP contribution >= 0.6 is 0 Å². The van der Waals surface area contributed by atoms with Crippen molar-refractivity contribution in [1.29, 1.82) is 5.26 Å². The molecule has 0 amide bonds. The van der Waals surface area contributed by atoms with Gasteiger partial charge in [0, 0.05) is 12.0 Å². The Morgan fingerprint density at radius 1 is 0.972 bits per heavy atom. The zero-order chi connectivity index (χ0) is 25.8. The Labute approximate surface area is 207 Å². The molecule has 3 aliphatic rings. The zero-order valence-electron chi connectivity index (χ0n) is 18.0. The molecule has 14 heteroatoms. The van der Waals surface area contributed by atoms with E-state index in [1.807, 2.05) is 0 Å². The lowest BCUT2D eigenvalue weighted by atomic mass is 9.92. The Bertz CT molecular complexity index is 2070. The molecule has 2 aliphatic heterocycles. The molecule has 5 bridgehead atoms. The molecule has 1 unspecified atom stereocenters. The molecule has 0 spiro atoms. The number of nitrogens with zero attached hydrogens (tertiary/aromatic N) is 2. The van der Waals surface area contributed by atoms with Crippen LogP contribution in [-0.2, 0) is 39.7 Å². The molecule has 0 aromatic heterocycles. The van der Waals surface area contributed by atoms with E-state index in [0.29, 0.717) is 16.3 Å². The number of hydrogen-bond acceptors (Lipinski definition) is 9. The summed E-state index contributed by atoms with van der Waals surface area (Å²) in [6.45, 7) is 0. The van der Waals surface area contributed by atoms with E-state index in [1.165, 1.54) is 12.1 Å². The van der Waals surface area contributed by atoms with E-state index in [0.717, 1.165) is 24.3 Å². The SMILES string of the molecule is N#CCCS(=O)(=O)c1ccc2c(c1)S(=O)(=O)c1cc3c4c(cccc4c1)C1C=C3S(=O)(=O)N2S1(=O)=O. The fourth-order valence-corrected chi connectivity index (χ4v) is 12.3. The zero-order valence-corrected chi connectivity index (χ0v) is 21.2. The van der Waals surface area contributed by atoms with Crippen LogP contribution in [0.15, 0.2) is 69.3 Å². The molecule has 0 saturated heterocycles. The highest BCUT2D eigenvalue weighted by molar-refractivity contribution is 8.15. The monoisotopic (exact) mass is 562 g/mol. The predicted molar refractivity (Wildman–Crippen MR) is 129 cm³/mol. The fourth-order valence-electron chi connectivity index (χ4n) is 4.88. The van der Waals surface area contributed by atoms with Gasteiger partial charge in [0.25, 0.3) is 20.0 Å². The number of sulfone groups is 2. The van der Waals surface area contributed by atoms with Crippen molar-refractivity contribution >= 4 is 61.1 Å². The minimum Gasteiger partial charge on any atom is -0.224 e. The van der Waals surface area contributed by atoms with Gasteiger partial charge in [-0.2, -0.15) is 8.97 Å². The van der Waals surface area contributed by atoms with Crippen molar-refractivity contribution in [3.63, 3.8) is 0 Å². The smallest absolute Gasteiger partial charge is 0.224 e. The first-order chi connectivity index (χ1) is 16.8. The third-order valence-corrected chi connectivity index (χ3v) is 14.4. The molecule has 0 fully saturated rings. The lowest BCUT2D eigenvalue weighted by Crippen LogP contribution is -2.44. The minimum absolute atomic E-state index is 0.0625. The predicted octanol–water partition coefficient (Wildman–Crippen LogP) is 2.25. The van der Waals surface area contributed by atoms with Gasteiger partial charge in [-0.25, -0.2) is 33.7 Å². The van der Waals surface area contributed by atoms with Crippen LogP contribution in [0.25, 0.3) is 15.7 Å². The highest BCUT2D eigenvalue weighted by Crippen LogP contribution is 2.53. The van der Waals surface area contributed by atoms with Crippen molar-refractivity contribution in [1.82, 2.24) is 0 Å². The number of anilines is 1. The number of benzene rings is 3. The van der Waals surface area contributed by atoms with Gasteiger partial charge in [0.2, 0.25) is 9.84 Å². The van der Waals surface area contributed by atoms with E-state index in [9.17, 15) is 33.7 Å². The molecule has 1 aliphatic carbocycles. The minimum atomic E-state index is -4.80. The van der Waals surface area contributed by atoms with Crippen LogP contribution in [0.5, 0.6) is 0 Å². The summed E-state index contributed by atoms with van der Waals surface area (Å²) in [6, 6.07) is 11.5. The molecule has 2 heterocycles. The summed E-state index contributed by atoms with van der Waals surface area (Å²) in [4.78, 5) is -1.90. The van der Waals surface area contributed by atoms with Gasteiger partial charge >= 0.3 is 0 Å². The Kier molecular flexibility index (Phi) is 4.47. The van der Waals surface area contributed by atoms with Gasteiger partial charge in [-0.05, 0) is 52.7 Å². The molecular formula is C22H14N2O8S4. The van der Waals surface area contributed by atoms with Gasteiger partial charge in [-0.15, -0.1) is 0 Å². The third kappa shape index (κ3) is 2.79. The summed E-state index contributed by atoms with van der Waals surface area (Å²) >= 11 is 0. The summed E-state index contributed by atoms with van der Waals surface area (Å²) in [5.41, 5.74) is -0.314. The van der Waals surface area contributed by atoms with E-state index < -0.39 is 66.2 Å². The van der Waals surface area contributed by atoms with Crippen LogP contribution in [0.2, 0.25) is 0 Å². The second-order valence-electron chi connectivity index (χ2n) is 8.47. The van der Waals surface area contributed by atoms with Crippen LogP contribution in [0.4, 0.5) is 5.69 Å². The molecule has 3 aromatic rings. The average Bonchev–Trinajstić information content (AvgIpc) is 2.81. The van der Waals surface area contributed by atoms with Crippen molar-refractivity contribution in [2.24, 2.45) is 0 Å². The summed E-state index contributed by atoms with van der Waals surface area (Å²) in [6.07, 6.45) is 0.757. The number of rotatable bonds is 3. The first-order valence-corrected chi connectivity index (χ1v) is 16.5. The summed E-state index contributed by atoms with van der Waals surface area (Å²) < 4.78 is 108. The molecule has 3 aromatic carbocycles. The molecule has 184 valence electrons. The van der Waals surface area contributed by atoms with Crippen LogP contribution in [-0.4, -0.2) is 39.4 Å². The van der Waals surface area contributed by atoms with Gasteiger partial charge in [0.05, 0.1) is 37.1 Å². The maximum Gasteiger partial charge on any atom is 0.277 e. The van der Waals surface area contributed by atoms with E-state index in [4.69, 9.17) is 5.26 Å². The van der Waals surface area contributed by atoms with Crippen molar-refractivity contribution in [2.45, 2.75) is 26.4 Å². The van der Waals surface area contributed by atoms with Crippen molar-refractivity contribution < 1.29 is 33.7 Å². The Morgan fingerprint density at radius 2 is 1.72 bits per heavy atom. The van der Waals surface area contributed by atoms with Crippen LogP contribution in [0.3, 0.4) is 0 Å². The normalized spacial score (nSPS) is 21.8. The van der Waals surface area contributed by atoms with Crippen LogP contribution in [0.1, 0.15) is 22.8 Å². The van der Waals surface area contributed by atoms with E-state index >= 15 is 0 Å². The number of fused-ring (bicyclic) bond motifs is 6. The second kappa shape index (κ2) is 6.94. The molecular weight excluding hydrogens is 549 g/mol. The molecule has 0 N–H and O–H groups in total. The van der Waals surface area contributed by atoms with Crippen molar-refractivity contribution in [3.8, 4) is 6.07 Å². The Morgan fingerprint density at radius 3 is 2.44 bits per heavy atom. The fraction of sp³-hybridized carbons (Fsp3) is 0.136. The average molecular weight is 563 g/mol. The van der Waals surface area contributed by atoms with Crippen LogP contribution < -0.4 is 3.71 Å². The highest BCUT2D eigenvalue weighted by atomic mass is 32.3. The molecule has 0 saturated carbocycles. The molecule has 0 radical (unpaired) electrons. The van der Waals surface area contributed by atoms with Gasteiger partial charge in [0.15, 0.2) is 9.84 Å². The highest BCUT2D eigenvalue weighted by Gasteiger charge is 2.52. The maximum absolute atomic E-state index is 13.9. The van der Waals surface area contributed by atoms with Gasteiger partial charge in [-0.1, -0.05) is 18.2 Å². The largest absolute Gasteiger partial charge is 0.277 e. The topological polar surface area (TPSA) is 164 Å². The van der Waals surface area contributed by atoms with E-state index in [1.54, 1.807) is 24.3 Å². The number of nitriles is 1. The summed E-state index contributed by atoms with van der Waals surface area (Å²) in [5.74, 6) is -0.598. The lowest BCUT2D eigenvalue weighted by Gasteiger charge is -2.36. The summed E-state index contributed by atoms with van der Waals surface area (Å²) in [7, 11) is -18.3. The molecule has 1 atom stereocenters. The third-order valence-electron chi connectivity index (χ3n) is 6.48. The lowest BCUT2D eigenvalue weighted by molar-refractivity contribution is 0.582. The molecule has 10 nitrogen and oxygen atoms in total.